The molecular formula is C37H72O3S. The van der Waals surface area contributed by atoms with Gasteiger partial charge in [0.15, 0.2) is 0 Å². The van der Waals surface area contributed by atoms with E-state index >= 15 is 0 Å². The van der Waals surface area contributed by atoms with Gasteiger partial charge >= 0.3 is 0 Å². The van der Waals surface area contributed by atoms with E-state index in [1.54, 1.807) is 0 Å². The molecule has 0 aliphatic heterocycles. The number of hydrogen-bond donors (Lipinski definition) is 1. The SMILES string of the molecule is CCCCCCCCC=CCCCCCCCCC(CCCCCCCCC=CCCCCCCCC)S(=O)(=O)O. The van der Waals surface area contributed by atoms with E-state index in [-0.39, 0.29) is 0 Å². The molecule has 3 nitrogen and oxygen atoms in total. The predicted octanol–water partition coefficient (Wildman–Crippen LogP) is 13.1. The molecule has 0 aliphatic carbocycles. The maximum absolute atomic E-state index is 11.9. The molecule has 0 heterocycles. The first-order valence-corrected chi connectivity index (χ1v) is 19.8. The molecule has 0 bridgehead atoms. The fourth-order valence-electron chi connectivity index (χ4n) is 5.68. The van der Waals surface area contributed by atoms with Crippen molar-refractivity contribution in [3.8, 4) is 0 Å². The van der Waals surface area contributed by atoms with Crippen molar-refractivity contribution in [1.82, 2.24) is 0 Å². The van der Waals surface area contributed by atoms with Gasteiger partial charge in [0.25, 0.3) is 10.1 Å². The van der Waals surface area contributed by atoms with Crippen LogP contribution in [-0.2, 0) is 10.1 Å². The topological polar surface area (TPSA) is 54.4 Å². The van der Waals surface area contributed by atoms with Gasteiger partial charge in [0.2, 0.25) is 0 Å². The van der Waals surface area contributed by atoms with Crippen molar-refractivity contribution < 1.29 is 13.0 Å². The summed E-state index contributed by atoms with van der Waals surface area (Å²) in [6.45, 7) is 4.54. The van der Waals surface area contributed by atoms with Crippen LogP contribution in [0.2, 0.25) is 0 Å². The van der Waals surface area contributed by atoms with Crippen LogP contribution in [0.15, 0.2) is 24.3 Å². The molecule has 0 atom stereocenters. The zero-order chi connectivity index (χ0) is 30.1. The Morgan fingerprint density at radius 2 is 0.659 bits per heavy atom. The summed E-state index contributed by atoms with van der Waals surface area (Å²) in [5, 5.41) is -0.559. The third-order valence-corrected chi connectivity index (χ3v) is 9.81. The molecule has 244 valence electrons. The molecule has 41 heavy (non-hydrogen) atoms. The lowest BCUT2D eigenvalue weighted by Crippen LogP contribution is -2.20. The highest BCUT2D eigenvalue weighted by atomic mass is 32.2. The molecule has 4 heteroatoms. The van der Waals surface area contributed by atoms with Crippen molar-refractivity contribution in [2.45, 2.75) is 212 Å². The maximum Gasteiger partial charge on any atom is 0.267 e. The van der Waals surface area contributed by atoms with Gasteiger partial charge in [0.05, 0.1) is 5.25 Å². The molecule has 0 saturated heterocycles. The van der Waals surface area contributed by atoms with Crippen molar-refractivity contribution in [3.63, 3.8) is 0 Å². The van der Waals surface area contributed by atoms with E-state index in [0.717, 1.165) is 25.7 Å². The van der Waals surface area contributed by atoms with Gasteiger partial charge in [-0.25, -0.2) is 0 Å². The Morgan fingerprint density at radius 1 is 0.415 bits per heavy atom. The quantitative estimate of drug-likeness (QED) is 0.0465. The van der Waals surface area contributed by atoms with Crippen molar-refractivity contribution in [2.24, 2.45) is 0 Å². The van der Waals surface area contributed by atoms with Gasteiger partial charge in [-0.3, -0.25) is 4.55 Å². The Labute approximate surface area is 258 Å². The summed E-state index contributed by atoms with van der Waals surface area (Å²) in [7, 11) is -3.92. The molecule has 1 N–H and O–H groups in total. The van der Waals surface area contributed by atoms with Gasteiger partial charge in [-0.05, 0) is 64.2 Å². The van der Waals surface area contributed by atoms with Crippen LogP contribution in [0.3, 0.4) is 0 Å². The minimum Gasteiger partial charge on any atom is -0.285 e. The zero-order valence-corrected chi connectivity index (χ0v) is 28.6. The van der Waals surface area contributed by atoms with Gasteiger partial charge in [0, 0.05) is 0 Å². The number of allylic oxidation sites excluding steroid dienone is 4. The Balaban J connectivity index is 3.60. The van der Waals surface area contributed by atoms with Crippen molar-refractivity contribution >= 4 is 10.1 Å². The smallest absolute Gasteiger partial charge is 0.267 e. The second-order valence-electron chi connectivity index (χ2n) is 12.6. The molecular weight excluding hydrogens is 524 g/mol. The Hall–Kier alpha value is -0.610. The summed E-state index contributed by atoms with van der Waals surface area (Å²) in [5.41, 5.74) is 0. The van der Waals surface area contributed by atoms with Crippen LogP contribution in [0.1, 0.15) is 206 Å². The van der Waals surface area contributed by atoms with Gasteiger partial charge in [-0.15, -0.1) is 0 Å². The Bertz CT molecular complexity index is 626. The lowest BCUT2D eigenvalue weighted by atomic mass is 10.0. The fraction of sp³-hybridized carbons (Fsp3) is 0.892. The van der Waals surface area contributed by atoms with Crippen LogP contribution in [-0.4, -0.2) is 18.2 Å². The zero-order valence-electron chi connectivity index (χ0n) is 27.8. The van der Waals surface area contributed by atoms with Crippen LogP contribution in [0.25, 0.3) is 0 Å². The summed E-state index contributed by atoms with van der Waals surface area (Å²) in [6, 6.07) is 0. The van der Waals surface area contributed by atoms with E-state index in [1.807, 2.05) is 0 Å². The lowest BCUT2D eigenvalue weighted by Gasteiger charge is -2.13. The van der Waals surface area contributed by atoms with Crippen LogP contribution in [0, 0.1) is 0 Å². The van der Waals surface area contributed by atoms with E-state index in [0.29, 0.717) is 12.8 Å². The van der Waals surface area contributed by atoms with Gasteiger partial charge in [0.1, 0.15) is 0 Å². The minimum absolute atomic E-state index is 0.559. The Kier molecular flexibility index (Phi) is 31.8. The summed E-state index contributed by atoms with van der Waals surface area (Å²) in [4.78, 5) is 0. The van der Waals surface area contributed by atoms with Crippen molar-refractivity contribution in [1.29, 1.82) is 0 Å². The van der Waals surface area contributed by atoms with Crippen LogP contribution in [0.5, 0.6) is 0 Å². The molecule has 0 spiro atoms. The highest BCUT2D eigenvalue weighted by Crippen LogP contribution is 2.20. The average molecular weight is 597 g/mol. The van der Waals surface area contributed by atoms with Gasteiger partial charge in [-0.1, -0.05) is 167 Å². The monoisotopic (exact) mass is 597 g/mol. The van der Waals surface area contributed by atoms with E-state index in [1.165, 1.54) is 154 Å². The molecule has 0 aromatic rings. The normalized spacial score (nSPS) is 13.1. The lowest BCUT2D eigenvalue weighted by molar-refractivity contribution is 0.442. The highest BCUT2D eigenvalue weighted by Gasteiger charge is 2.21. The van der Waals surface area contributed by atoms with Crippen LogP contribution < -0.4 is 0 Å². The van der Waals surface area contributed by atoms with E-state index in [4.69, 9.17) is 0 Å². The van der Waals surface area contributed by atoms with E-state index in [9.17, 15) is 13.0 Å². The first kappa shape index (κ1) is 40.4. The van der Waals surface area contributed by atoms with Gasteiger partial charge < -0.3 is 0 Å². The number of unbranched alkanes of at least 4 members (excludes halogenated alkanes) is 24. The third-order valence-electron chi connectivity index (χ3n) is 8.50. The standard InChI is InChI=1S/C37H72O3S/c1-3-5-7-9-11-13-15-17-19-21-23-25-27-29-31-33-35-37(41(38,39)40)36-34-32-30-28-26-24-22-20-18-16-14-12-10-8-6-4-2/h17-20,37H,3-16,21-36H2,1-2H3,(H,38,39,40). The molecule has 0 amide bonds. The second-order valence-corrected chi connectivity index (χ2v) is 14.3. The highest BCUT2D eigenvalue weighted by molar-refractivity contribution is 7.86. The molecule has 0 aliphatic rings. The third kappa shape index (κ3) is 32.1. The van der Waals surface area contributed by atoms with E-state index in [2.05, 4.69) is 38.2 Å². The van der Waals surface area contributed by atoms with Gasteiger partial charge in [-0.2, -0.15) is 8.42 Å². The van der Waals surface area contributed by atoms with E-state index < -0.39 is 15.4 Å². The summed E-state index contributed by atoms with van der Waals surface area (Å²) in [5.74, 6) is 0. The van der Waals surface area contributed by atoms with Crippen molar-refractivity contribution in [3.05, 3.63) is 24.3 Å². The summed E-state index contributed by atoms with van der Waals surface area (Å²) >= 11 is 0. The average Bonchev–Trinajstić information content (AvgIpc) is 2.95. The number of rotatable bonds is 33. The summed E-state index contributed by atoms with van der Waals surface area (Å²) in [6.07, 6.45) is 45.8. The molecule has 0 unspecified atom stereocenters. The minimum atomic E-state index is -3.92. The first-order chi connectivity index (χ1) is 20.0. The summed E-state index contributed by atoms with van der Waals surface area (Å²) < 4.78 is 33.4. The van der Waals surface area contributed by atoms with Crippen LogP contribution in [0.4, 0.5) is 0 Å². The van der Waals surface area contributed by atoms with Crippen molar-refractivity contribution in [2.75, 3.05) is 0 Å². The maximum atomic E-state index is 11.9. The first-order valence-electron chi connectivity index (χ1n) is 18.3. The Morgan fingerprint density at radius 3 is 0.927 bits per heavy atom. The largest absolute Gasteiger partial charge is 0.285 e. The molecule has 0 aromatic carbocycles. The molecule has 0 radical (unpaired) electrons. The predicted molar refractivity (Wildman–Crippen MR) is 183 cm³/mol. The molecule has 0 rings (SSSR count). The molecule has 0 fully saturated rings. The molecule has 0 saturated carbocycles. The van der Waals surface area contributed by atoms with Crippen LogP contribution >= 0.6 is 0 Å². The number of hydrogen-bond acceptors (Lipinski definition) is 2. The molecule has 0 aromatic heterocycles. The fourth-order valence-corrected chi connectivity index (χ4v) is 6.61. The second kappa shape index (κ2) is 32.3.